The highest BCUT2D eigenvalue weighted by atomic mass is 32.2. The van der Waals surface area contributed by atoms with E-state index in [1.165, 1.54) is 11.8 Å². The maximum atomic E-state index is 4.36. The van der Waals surface area contributed by atoms with Gasteiger partial charge in [0.1, 0.15) is 17.2 Å². The average Bonchev–Trinajstić information content (AvgIpc) is 2.79. The molecule has 0 aliphatic rings. The van der Waals surface area contributed by atoms with E-state index in [9.17, 15) is 0 Å². The minimum Gasteiger partial charge on any atom is -0.370 e. The Balaban J connectivity index is 2.33. The molecule has 0 atom stereocenters. The van der Waals surface area contributed by atoms with Crippen molar-refractivity contribution >= 4 is 17.6 Å². The largest absolute Gasteiger partial charge is 0.370 e. The number of nitrogens with zero attached hydrogens (tertiary/aromatic N) is 6. The predicted molar refractivity (Wildman–Crippen MR) is 73.1 cm³/mol. The van der Waals surface area contributed by atoms with Gasteiger partial charge in [-0.15, -0.1) is 5.10 Å². The summed E-state index contributed by atoms with van der Waals surface area (Å²) in [6, 6.07) is 0. The summed E-state index contributed by atoms with van der Waals surface area (Å²) in [5.41, 5.74) is 1.12. The van der Waals surface area contributed by atoms with Crippen molar-refractivity contribution in [3.05, 3.63) is 11.9 Å². The number of anilines is 1. The Bertz CT molecular complexity index is 540. The van der Waals surface area contributed by atoms with Crippen LogP contribution in [0.1, 0.15) is 25.8 Å². The van der Waals surface area contributed by atoms with Gasteiger partial charge in [-0.1, -0.05) is 13.3 Å². The van der Waals surface area contributed by atoms with E-state index in [0.717, 1.165) is 41.0 Å². The Labute approximate surface area is 116 Å². The highest BCUT2D eigenvalue weighted by Gasteiger charge is 2.14. The first-order valence-electron chi connectivity index (χ1n) is 6.24. The van der Waals surface area contributed by atoms with Gasteiger partial charge < -0.3 is 5.32 Å². The second-order valence-corrected chi connectivity index (χ2v) is 4.93. The molecule has 0 spiro atoms. The van der Waals surface area contributed by atoms with E-state index >= 15 is 0 Å². The van der Waals surface area contributed by atoms with Gasteiger partial charge >= 0.3 is 0 Å². The molecule has 7 nitrogen and oxygen atoms in total. The van der Waals surface area contributed by atoms with Crippen molar-refractivity contribution in [3.63, 3.8) is 0 Å². The molecule has 19 heavy (non-hydrogen) atoms. The van der Waals surface area contributed by atoms with Crippen molar-refractivity contribution in [2.75, 3.05) is 11.9 Å². The third-order valence-corrected chi connectivity index (χ3v) is 3.59. The Hall–Kier alpha value is -1.70. The first-order chi connectivity index (χ1) is 9.26. The van der Waals surface area contributed by atoms with Crippen LogP contribution in [0.4, 0.5) is 5.82 Å². The normalized spacial score (nSPS) is 10.7. The summed E-state index contributed by atoms with van der Waals surface area (Å²) in [7, 11) is 1.81. The molecule has 2 aromatic rings. The highest BCUT2D eigenvalue weighted by Crippen LogP contribution is 2.30. The van der Waals surface area contributed by atoms with Crippen molar-refractivity contribution in [1.82, 2.24) is 30.2 Å². The van der Waals surface area contributed by atoms with Crippen LogP contribution in [0.5, 0.6) is 0 Å². The van der Waals surface area contributed by atoms with E-state index in [-0.39, 0.29) is 0 Å². The van der Waals surface area contributed by atoms with Gasteiger partial charge in [0.15, 0.2) is 0 Å². The summed E-state index contributed by atoms with van der Waals surface area (Å²) in [6.45, 7) is 5.03. The molecule has 8 heteroatoms. The summed E-state index contributed by atoms with van der Waals surface area (Å²) >= 11 is 1.46. The van der Waals surface area contributed by atoms with E-state index in [1.807, 2.05) is 7.05 Å². The molecule has 0 saturated heterocycles. The number of rotatable bonds is 6. The molecule has 0 fully saturated rings. The lowest BCUT2D eigenvalue weighted by Crippen LogP contribution is -2.06. The molecule has 0 bridgehead atoms. The number of hydrogen-bond donors (Lipinski definition) is 1. The first-order valence-corrected chi connectivity index (χ1v) is 7.05. The maximum Gasteiger partial charge on any atom is 0.215 e. The number of tetrazole rings is 1. The third-order valence-electron chi connectivity index (χ3n) is 2.52. The molecule has 0 aliphatic carbocycles. The quantitative estimate of drug-likeness (QED) is 0.803. The van der Waals surface area contributed by atoms with Crippen molar-refractivity contribution in [3.8, 4) is 0 Å². The molecule has 1 N–H and O–H groups in total. The van der Waals surface area contributed by atoms with E-state index in [0.29, 0.717) is 0 Å². The number of hydrogen-bond acceptors (Lipinski definition) is 7. The second kappa shape index (κ2) is 6.46. The highest BCUT2D eigenvalue weighted by molar-refractivity contribution is 7.99. The van der Waals surface area contributed by atoms with Gasteiger partial charge in [0.25, 0.3) is 0 Å². The fourth-order valence-corrected chi connectivity index (χ4v) is 2.51. The zero-order chi connectivity index (χ0) is 13.7. The molecule has 0 saturated carbocycles. The molecule has 102 valence electrons. The lowest BCUT2D eigenvalue weighted by atomic mass is 10.2. The standard InChI is InChI=1S/C11H17N7S/c1-4-6-8-9(12-5-2)13-7-14-10(8)19-11-15-16-17-18(11)3/h7H,4-6H2,1-3H3,(H,12,13,14). The molecule has 2 heterocycles. The predicted octanol–water partition coefficient (Wildman–Crippen LogP) is 1.54. The van der Waals surface area contributed by atoms with Crippen molar-refractivity contribution in [2.24, 2.45) is 7.05 Å². The Morgan fingerprint density at radius 3 is 2.79 bits per heavy atom. The summed E-state index contributed by atoms with van der Waals surface area (Å²) in [5, 5.41) is 16.3. The van der Waals surface area contributed by atoms with Crippen LogP contribution in [0, 0.1) is 0 Å². The topological polar surface area (TPSA) is 81.4 Å². The van der Waals surface area contributed by atoms with Gasteiger partial charge in [-0.2, -0.15) is 0 Å². The number of aryl methyl sites for hydroxylation is 1. The minimum atomic E-state index is 0.721. The summed E-state index contributed by atoms with van der Waals surface area (Å²) in [5.74, 6) is 0.900. The molecule has 2 aromatic heterocycles. The minimum absolute atomic E-state index is 0.721. The number of nitrogens with one attached hydrogen (secondary N) is 1. The molecule has 0 unspecified atom stereocenters. The molecular weight excluding hydrogens is 262 g/mol. The van der Waals surface area contributed by atoms with E-state index in [4.69, 9.17) is 0 Å². The van der Waals surface area contributed by atoms with E-state index in [1.54, 1.807) is 11.0 Å². The zero-order valence-corrected chi connectivity index (χ0v) is 12.1. The van der Waals surface area contributed by atoms with Crippen LogP contribution in [0.2, 0.25) is 0 Å². The summed E-state index contributed by atoms with van der Waals surface area (Å²) in [4.78, 5) is 8.66. The van der Waals surface area contributed by atoms with Gasteiger partial charge in [0.2, 0.25) is 5.16 Å². The second-order valence-electron chi connectivity index (χ2n) is 3.97. The molecule has 2 rings (SSSR count). The Kier molecular flexibility index (Phi) is 4.67. The molecule has 0 aliphatic heterocycles. The maximum absolute atomic E-state index is 4.36. The third kappa shape index (κ3) is 3.19. The van der Waals surface area contributed by atoms with Crippen LogP contribution in [0.25, 0.3) is 0 Å². The van der Waals surface area contributed by atoms with Crippen molar-refractivity contribution < 1.29 is 0 Å². The van der Waals surface area contributed by atoms with Gasteiger partial charge in [-0.3, -0.25) is 0 Å². The molecular formula is C11H17N7S. The fraction of sp³-hybridized carbons (Fsp3) is 0.545. The van der Waals surface area contributed by atoms with Crippen LogP contribution in [-0.4, -0.2) is 36.7 Å². The van der Waals surface area contributed by atoms with Crippen molar-refractivity contribution in [1.29, 1.82) is 0 Å². The van der Waals surface area contributed by atoms with Gasteiger partial charge in [0, 0.05) is 19.2 Å². The van der Waals surface area contributed by atoms with Crippen LogP contribution in [0.15, 0.2) is 16.5 Å². The lowest BCUT2D eigenvalue weighted by molar-refractivity contribution is 0.664. The molecule has 0 amide bonds. The van der Waals surface area contributed by atoms with Crippen LogP contribution < -0.4 is 5.32 Å². The first kappa shape index (κ1) is 13.7. The molecule has 0 aromatic carbocycles. The number of aromatic nitrogens is 6. The van der Waals surface area contributed by atoms with Gasteiger partial charge in [-0.05, 0) is 35.5 Å². The van der Waals surface area contributed by atoms with Crippen molar-refractivity contribution in [2.45, 2.75) is 36.9 Å². The monoisotopic (exact) mass is 279 g/mol. The Morgan fingerprint density at radius 2 is 2.16 bits per heavy atom. The van der Waals surface area contributed by atoms with E-state index < -0.39 is 0 Å². The summed E-state index contributed by atoms with van der Waals surface area (Å²) in [6.07, 6.45) is 3.54. The molecule has 0 radical (unpaired) electrons. The summed E-state index contributed by atoms with van der Waals surface area (Å²) < 4.78 is 1.63. The fourth-order valence-electron chi connectivity index (χ4n) is 1.67. The zero-order valence-electron chi connectivity index (χ0n) is 11.3. The van der Waals surface area contributed by atoms with E-state index in [2.05, 4.69) is 44.7 Å². The van der Waals surface area contributed by atoms with Crippen LogP contribution in [0.3, 0.4) is 0 Å². The SMILES string of the molecule is CCCc1c(NCC)ncnc1Sc1nnnn1C. The van der Waals surface area contributed by atoms with Crippen LogP contribution in [-0.2, 0) is 13.5 Å². The average molecular weight is 279 g/mol. The van der Waals surface area contributed by atoms with Gasteiger partial charge in [0.05, 0.1) is 0 Å². The van der Waals surface area contributed by atoms with Gasteiger partial charge in [-0.25, -0.2) is 14.6 Å². The Morgan fingerprint density at radius 1 is 1.32 bits per heavy atom. The smallest absolute Gasteiger partial charge is 0.215 e. The van der Waals surface area contributed by atoms with Crippen LogP contribution >= 0.6 is 11.8 Å². The lowest BCUT2D eigenvalue weighted by Gasteiger charge is -2.11.